The van der Waals surface area contributed by atoms with E-state index in [1.165, 1.54) is 0 Å². The van der Waals surface area contributed by atoms with Crippen LogP contribution in [0.5, 0.6) is 11.6 Å². The molecule has 90 valence electrons. The second kappa shape index (κ2) is 4.53. The zero-order valence-electron chi connectivity index (χ0n) is 9.93. The van der Waals surface area contributed by atoms with Crippen LogP contribution in [0, 0.1) is 0 Å². The van der Waals surface area contributed by atoms with Gasteiger partial charge in [0.15, 0.2) is 0 Å². The third-order valence-corrected chi connectivity index (χ3v) is 2.80. The van der Waals surface area contributed by atoms with E-state index in [0.717, 1.165) is 22.2 Å². The Balaban J connectivity index is 2.13. The number of rotatable bonds is 3. The fourth-order valence-corrected chi connectivity index (χ4v) is 1.99. The van der Waals surface area contributed by atoms with Gasteiger partial charge < -0.3 is 9.47 Å². The second-order valence-electron chi connectivity index (χ2n) is 4.01. The van der Waals surface area contributed by atoms with Crippen molar-refractivity contribution in [2.45, 2.75) is 0 Å². The van der Waals surface area contributed by atoms with Crippen molar-refractivity contribution >= 4 is 17.0 Å². The van der Waals surface area contributed by atoms with Crippen molar-refractivity contribution in [1.29, 1.82) is 0 Å². The van der Waals surface area contributed by atoms with Crippen LogP contribution in [0.25, 0.3) is 17.0 Å². The standard InChI is InChI=1S/C15H13NO2/c1-2-9-18-14-8-6-11-5-7-13-12(15(11)16-14)4-3-10-17-13/h2-8H,1,9-10H2. The molecule has 0 spiro atoms. The van der Waals surface area contributed by atoms with Crippen LogP contribution >= 0.6 is 0 Å². The van der Waals surface area contributed by atoms with Crippen LogP contribution in [-0.4, -0.2) is 18.2 Å². The summed E-state index contributed by atoms with van der Waals surface area (Å²) in [4.78, 5) is 4.52. The molecule has 0 amide bonds. The van der Waals surface area contributed by atoms with Gasteiger partial charge in [0.05, 0.1) is 5.52 Å². The molecule has 0 saturated carbocycles. The molecule has 2 aromatic rings. The minimum atomic E-state index is 0.458. The van der Waals surface area contributed by atoms with Crippen LogP contribution in [0.15, 0.2) is 43.0 Å². The van der Waals surface area contributed by atoms with Crippen LogP contribution in [0.2, 0.25) is 0 Å². The van der Waals surface area contributed by atoms with E-state index in [1.807, 2.05) is 36.4 Å². The molecule has 3 rings (SSSR count). The van der Waals surface area contributed by atoms with Crippen molar-refractivity contribution < 1.29 is 9.47 Å². The molecule has 0 fully saturated rings. The lowest BCUT2D eigenvalue weighted by Gasteiger charge is -2.14. The molecule has 18 heavy (non-hydrogen) atoms. The number of nitrogens with zero attached hydrogens (tertiary/aromatic N) is 1. The van der Waals surface area contributed by atoms with E-state index in [2.05, 4.69) is 11.6 Å². The Kier molecular flexibility index (Phi) is 2.73. The minimum absolute atomic E-state index is 0.458. The van der Waals surface area contributed by atoms with E-state index in [4.69, 9.17) is 9.47 Å². The van der Waals surface area contributed by atoms with Gasteiger partial charge in [0, 0.05) is 17.0 Å². The summed E-state index contributed by atoms with van der Waals surface area (Å²) < 4.78 is 11.0. The van der Waals surface area contributed by atoms with Gasteiger partial charge in [0.25, 0.3) is 0 Å². The molecule has 0 radical (unpaired) electrons. The SMILES string of the molecule is C=CCOc1ccc2ccc3c(c2n1)C=CCO3. The smallest absolute Gasteiger partial charge is 0.214 e. The zero-order chi connectivity index (χ0) is 12.4. The molecule has 3 nitrogen and oxygen atoms in total. The van der Waals surface area contributed by atoms with E-state index in [1.54, 1.807) is 6.08 Å². The average molecular weight is 239 g/mol. The fourth-order valence-electron chi connectivity index (χ4n) is 1.99. The number of hydrogen-bond acceptors (Lipinski definition) is 3. The van der Waals surface area contributed by atoms with E-state index in [9.17, 15) is 0 Å². The van der Waals surface area contributed by atoms with Gasteiger partial charge in [-0.3, -0.25) is 0 Å². The lowest BCUT2D eigenvalue weighted by atomic mass is 10.1. The predicted molar refractivity (Wildman–Crippen MR) is 72.0 cm³/mol. The Bertz CT molecular complexity index is 632. The maximum atomic E-state index is 5.57. The molecule has 0 unspecified atom stereocenters. The van der Waals surface area contributed by atoms with Gasteiger partial charge in [0.2, 0.25) is 5.88 Å². The van der Waals surface area contributed by atoms with Crippen molar-refractivity contribution in [3.63, 3.8) is 0 Å². The first-order valence-corrected chi connectivity index (χ1v) is 5.85. The highest BCUT2D eigenvalue weighted by Gasteiger charge is 2.11. The molecule has 0 bridgehead atoms. The molecule has 1 aromatic heterocycles. The van der Waals surface area contributed by atoms with Crippen molar-refractivity contribution in [3.05, 3.63) is 48.6 Å². The lowest BCUT2D eigenvalue weighted by Crippen LogP contribution is -2.02. The molecule has 1 aromatic carbocycles. The van der Waals surface area contributed by atoms with Crippen LogP contribution in [0.1, 0.15) is 5.56 Å². The molecular formula is C15H13NO2. The molecular weight excluding hydrogens is 226 g/mol. The normalized spacial score (nSPS) is 12.9. The van der Waals surface area contributed by atoms with Crippen molar-refractivity contribution in [1.82, 2.24) is 4.98 Å². The number of pyridine rings is 1. The Morgan fingerprint density at radius 2 is 2.22 bits per heavy atom. The largest absolute Gasteiger partial charge is 0.489 e. The topological polar surface area (TPSA) is 31.4 Å². The summed E-state index contributed by atoms with van der Waals surface area (Å²) in [5.74, 6) is 1.48. The summed E-state index contributed by atoms with van der Waals surface area (Å²) in [6.45, 7) is 4.70. The number of ether oxygens (including phenoxy) is 2. The van der Waals surface area contributed by atoms with E-state index in [-0.39, 0.29) is 0 Å². The van der Waals surface area contributed by atoms with Crippen molar-refractivity contribution in [3.8, 4) is 11.6 Å². The summed E-state index contributed by atoms with van der Waals surface area (Å²) in [6.07, 6.45) is 5.74. The second-order valence-corrected chi connectivity index (χ2v) is 4.01. The highest BCUT2D eigenvalue weighted by molar-refractivity contribution is 5.90. The molecule has 1 aliphatic rings. The molecule has 0 saturated heterocycles. The molecule has 0 N–H and O–H groups in total. The van der Waals surface area contributed by atoms with Crippen LogP contribution in [0.3, 0.4) is 0 Å². The van der Waals surface area contributed by atoms with Gasteiger partial charge in [-0.05, 0) is 30.4 Å². The summed E-state index contributed by atoms with van der Waals surface area (Å²) >= 11 is 0. The van der Waals surface area contributed by atoms with Gasteiger partial charge in [-0.25, -0.2) is 4.98 Å². The monoisotopic (exact) mass is 239 g/mol. The molecule has 0 aliphatic carbocycles. The molecule has 0 atom stereocenters. The number of fused-ring (bicyclic) bond motifs is 3. The van der Waals surface area contributed by atoms with Crippen molar-refractivity contribution in [2.75, 3.05) is 13.2 Å². The predicted octanol–water partition coefficient (Wildman–Crippen LogP) is 3.21. The van der Waals surface area contributed by atoms with Gasteiger partial charge >= 0.3 is 0 Å². The third-order valence-electron chi connectivity index (χ3n) is 2.80. The molecule has 3 heteroatoms. The summed E-state index contributed by atoms with van der Waals surface area (Å²) in [7, 11) is 0. The molecule has 2 heterocycles. The summed E-state index contributed by atoms with van der Waals surface area (Å²) in [5, 5.41) is 1.08. The maximum Gasteiger partial charge on any atom is 0.214 e. The lowest BCUT2D eigenvalue weighted by molar-refractivity contribution is 0.349. The Morgan fingerprint density at radius 1 is 1.33 bits per heavy atom. The highest BCUT2D eigenvalue weighted by atomic mass is 16.5. The first-order chi connectivity index (χ1) is 8.88. The molecule has 1 aliphatic heterocycles. The Morgan fingerprint density at radius 3 is 3.11 bits per heavy atom. The van der Waals surface area contributed by atoms with E-state index >= 15 is 0 Å². The summed E-state index contributed by atoms with van der Waals surface area (Å²) in [6, 6.07) is 7.86. The number of hydrogen-bond donors (Lipinski definition) is 0. The quantitative estimate of drug-likeness (QED) is 0.771. The van der Waals surface area contributed by atoms with Crippen LogP contribution in [0.4, 0.5) is 0 Å². The van der Waals surface area contributed by atoms with Crippen molar-refractivity contribution in [2.24, 2.45) is 0 Å². The first kappa shape index (κ1) is 10.8. The van der Waals surface area contributed by atoms with Gasteiger partial charge in [-0.2, -0.15) is 0 Å². The Hall–Kier alpha value is -2.29. The van der Waals surface area contributed by atoms with Gasteiger partial charge in [-0.15, -0.1) is 0 Å². The average Bonchev–Trinajstić information content (AvgIpc) is 2.45. The van der Waals surface area contributed by atoms with Gasteiger partial charge in [-0.1, -0.05) is 12.7 Å². The van der Waals surface area contributed by atoms with E-state index < -0.39 is 0 Å². The third kappa shape index (κ3) is 1.84. The van der Waals surface area contributed by atoms with E-state index in [0.29, 0.717) is 19.1 Å². The number of benzene rings is 1. The maximum absolute atomic E-state index is 5.57. The van der Waals surface area contributed by atoms with Crippen LogP contribution < -0.4 is 9.47 Å². The number of aromatic nitrogens is 1. The Labute approximate surface area is 105 Å². The van der Waals surface area contributed by atoms with Crippen LogP contribution in [-0.2, 0) is 0 Å². The highest BCUT2D eigenvalue weighted by Crippen LogP contribution is 2.31. The zero-order valence-corrected chi connectivity index (χ0v) is 9.93. The van der Waals surface area contributed by atoms with Gasteiger partial charge in [0.1, 0.15) is 19.0 Å². The minimum Gasteiger partial charge on any atom is -0.489 e. The fraction of sp³-hybridized carbons (Fsp3) is 0.133. The first-order valence-electron chi connectivity index (χ1n) is 5.85. The summed E-state index contributed by atoms with van der Waals surface area (Å²) in [5.41, 5.74) is 1.92.